The molecule has 6 N–H and O–H groups in total. The Hall–Kier alpha value is -3.87. The fourth-order valence-corrected chi connectivity index (χ4v) is 4.10. The van der Waals surface area contributed by atoms with Gasteiger partial charge >= 0.3 is 12.0 Å². The van der Waals surface area contributed by atoms with Crippen LogP contribution in [0.5, 0.6) is 0 Å². The van der Waals surface area contributed by atoms with E-state index in [1.165, 1.54) is 4.90 Å². The maximum absolute atomic E-state index is 13.3. The molecule has 1 saturated heterocycles. The third-order valence-electron chi connectivity index (χ3n) is 6.18. The third kappa shape index (κ3) is 8.07. The Labute approximate surface area is 222 Å². The summed E-state index contributed by atoms with van der Waals surface area (Å²) in [7, 11) is 0. The molecule has 1 heterocycles. The van der Waals surface area contributed by atoms with Crippen molar-refractivity contribution < 1.29 is 34.2 Å². The monoisotopic (exact) mass is 534 g/mol. The Bertz CT molecular complexity index is 990. The highest BCUT2D eigenvalue weighted by atomic mass is 17.2. The Morgan fingerprint density at radius 3 is 2.42 bits per heavy atom. The van der Waals surface area contributed by atoms with Gasteiger partial charge in [-0.15, -0.1) is 0 Å². The molecular formula is C25H38N6O7. The number of carbonyl (C=O) groups excluding carboxylic acids is 4. The third-order valence-corrected chi connectivity index (χ3v) is 6.18. The number of carbonyl (C=O) groups is 4. The van der Waals surface area contributed by atoms with Gasteiger partial charge in [0.05, 0.1) is 6.04 Å². The molecule has 13 nitrogen and oxygen atoms in total. The van der Waals surface area contributed by atoms with Crippen molar-refractivity contribution >= 4 is 29.7 Å². The lowest BCUT2D eigenvalue weighted by atomic mass is 9.83. The summed E-state index contributed by atoms with van der Waals surface area (Å²) in [5.41, 5.74) is 4.49. The fourth-order valence-electron chi connectivity index (χ4n) is 4.10. The minimum atomic E-state index is -1.92. The van der Waals surface area contributed by atoms with Gasteiger partial charge in [0.15, 0.2) is 5.84 Å². The maximum atomic E-state index is 13.3. The first-order valence-electron chi connectivity index (χ1n) is 12.7. The lowest BCUT2D eigenvalue weighted by Crippen LogP contribution is -2.73. The van der Waals surface area contributed by atoms with E-state index < -0.39 is 41.6 Å². The van der Waals surface area contributed by atoms with Crippen molar-refractivity contribution in [2.45, 2.75) is 77.1 Å². The Morgan fingerprint density at radius 1 is 1.13 bits per heavy atom. The van der Waals surface area contributed by atoms with Crippen LogP contribution in [0.2, 0.25) is 0 Å². The molecule has 1 aliphatic rings. The predicted molar refractivity (Wildman–Crippen MR) is 138 cm³/mol. The molecule has 3 unspecified atom stereocenters. The van der Waals surface area contributed by atoms with E-state index in [2.05, 4.69) is 21.1 Å². The molecule has 38 heavy (non-hydrogen) atoms. The van der Waals surface area contributed by atoms with Crippen LogP contribution < -0.4 is 21.7 Å². The summed E-state index contributed by atoms with van der Waals surface area (Å²) in [6.45, 7) is 5.21. The fraction of sp³-hybridized carbons (Fsp3) is 0.560. The lowest BCUT2D eigenvalue weighted by molar-refractivity contribution is -0.327. The second-order valence-corrected chi connectivity index (χ2v) is 9.05. The molecule has 4 amide bonds. The minimum absolute atomic E-state index is 0.193. The number of benzene rings is 1. The Kier molecular flexibility index (Phi) is 11.8. The van der Waals surface area contributed by atoms with Gasteiger partial charge < -0.3 is 31.8 Å². The smallest absolute Gasteiger partial charge is 0.339 e. The van der Waals surface area contributed by atoms with E-state index in [0.717, 1.165) is 26.2 Å². The summed E-state index contributed by atoms with van der Waals surface area (Å²) in [6.07, 6.45) is 1.87. The van der Waals surface area contributed by atoms with Crippen LogP contribution in [0.4, 0.5) is 4.79 Å². The minimum Gasteiger partial charge on any atom is -0.409 e. The molecule has 0 aliphatic carbocycles. The van der Waals surface area contributed by atoms with Crippen molar-refractivity contribution in [2.24, 2.45) is 10.9 Å². The average molecular weight is 535 g/mol. The van der Waals surface area contributed by atoms with Crippen LogP contribution >= 0.6 is 0 Å². The van der Waals surface area contributed by atoms with Crippen molar-refractivity contribution in [3.8, 4) is 0 Å². The molecule has 0 radical (unpaired) electrons. The first-order chi connectivity index (χ1) is 18.2. The van der Waals surface area contributed by atoms with Crippen molar-refractivity contribution in [2.75, 3.05) is 13.1 Å². The molecule has 1 aromatic carbocycles. The average Bonchev–Trinajstić information content (AvgIpc) is 2.91. The van der Waals surface area contributed by atoms with E-state index in [9.17, 15) is 24.4 Å². The molecule has 13 heteroatoms. The maximum Gasteiger partial charge on any atom is 0.339 e. The molecule has 210 valence electrons. The SMILES string of the molecule is CCCCNC(=O)NC1CN(C(=O)CCCC)C(NC(=O)c2ccccc2)CC1(OOC(C)=O)C(N)=NO. The quantitative estimate of drug-likeness (QED) is 0.0668. The number of nitrogens with one attached hydrogen (secondary N) is 3. The van der Waals surface area contributed by atoms with Gasteiger partial charge in [-0.05, 0) is 25.0 Å². The number of likely N-dealkylation sites (tertiary alicyclic amines) is 1. The zero-order valence-electron chi connectivity index (χ0n) is 22.1. The van der Waals surface area contributed by atoms with Crippen molar-refractivity contribution in [1.29, 1.82) is 0 Å². The molecule has 0 saturated carbocycles. The van der Waals surface area contributed by atoms with Crippen LogP contribution in [-0.2, 0) is 19.4 Å². The molecule has 0 bridgehead atoms. The van der Waals surface area contributed by atoms with Crippen LogP contribution in [0, 0.1) is 0 Å². The highest BCUT2D eigenvalue weighted by Gasteiger charge is 2.55. The van der Waals surface area contributed by atoms with Crippen LogP contribution in [0.3, 0.4) is 0 Å². The molecule has 0 aromatic heterocycles. The standard InChI is InChI=1S/C25H38N6O7/c1-4-6-13-21(33)31-16-19(28-24(35)27-14-7-5-2)25(23(26)30-36,38-37-17(3)32)15-20(31)29-22(34)18-11-9-8-10-12-18/h8-12,19-20,36H,4-7,13-16H2,1-3H3,(H2,26,30)(H,29,34)(H2,27,28,35). The first kappa shape index (κ1) is 30.4. The number of nitrogens with zero attached hydrogens (tertiary/aromatic N) is 2. The van der Waals surface area contributed by atoms with E-state index in [4.69, 9.17) is 15.5 Å². The van der Waals surface area contributed by atoms with E-state index in [1.54, 1.807) is 30.3 Å². The van der Waals surface area contributed by atoms with Gasteiger partial charge in [-0.3, -0.25) is 14.5 Å². The number of nitrogens with two attached hydrogens (primary N) is 1. The summed E-state index contributed by atoms with van der Waals surface area (Å²) in [6, 6.07) is 6.67. The number of hydrogen-bond acceptors (Lipinski definition) is 8. The molecule has 0 spiro atoms. The lowest BCUT2D eigenvalue weighted by Gasteiger charge is -2.49. The first-order valence-corrected chi connectivity index (χ1v) is 12.7. The van der Waals surface area contributed by atoms with Gasteiger partial charge in [-0.1, -0.05) is 50.0 Å². The van der Waals surface area contributed by atoms with Crippen LogP contribution in [0.15, 0.2) is 35.5 Å². The largest absolute Gasteiger partial charge is 0.409 e. The molecule has 2 rings (SSSR count). The van der Waals surface area contributed by atoms with E-state index >= 15 is 0 Å². The topological polar surface area (TPSA) is 185 Å². The van der Waals surface area contributed by atoms with Crippen molar-refractivity contribution in [1.82, 2.24) is 20.9 Å². The van der Waals surface area contributed by atoms with Crippen LogP contribution in [0.25, 0.3) is 0 Å². The van der Waals surface area contributed by atoms with E-state index in [-0.39, 0.29) is 25.3 Å². The number of piperidine rings is 1. The van der Waals surface area contributed by atoms with Gasteiger partial charge in [0.25, 0.3) is 5.91 Å². The van der Waals surface area contributed by atoms with Gasteiger partial charge in [0, 0.05) is 38.4 Å². The van der Waals surface area contributed by atoms with Gasteiger partial charge in [-0.2, -0.15) is 4.89 Å². The Balaban J connectivity index is 2.49. The number of hydrogen-bond donors (Lipinski definition) is 5. The summed E-state index contributed by atoms with van der Waals surface area (Å²) in [5, 5.41) is 20.9. The summed E-state index contributed by atoms with van der Waals surface area (Å²) >= 11 is 0. The Morgan fingerprint density at radius 2 is 1.82 bits per heavy atom. The predicted octanol–water partition coefficient (Wildman–Crippen LogP) is 1.61. The summed E-state index contributed by atoms with van der Waals surface area (Å²) < 4.78 is 0. The molecule has 3 atom stereocenters. The van der Waals surface area contributed by atoms with Gasteiger partial charge in [0.1, 0.15) is 6.17 Å². The van der Waals surface area contributed by atoms with Crippen molar-refractivity contribution in [3.05, 3.63) is 35.9 Å². The van der Waals surface area contributed by atoms with E-state index in [0.29, 0.717) is 18.5 Å². The van der Waals surface area contributed by atoms with Gasteiger partial charge in [0.2, 0.25) is 11.5 Å². The number of amidine groups is 1. The summed E-state index contributed by atoms with van der Waals surface area (Å²) in [5.74, 6) is -2.10. The normalized spacial score (nSPS) is 21.3. The molecule has 1 fully saturated rings. The summed E-state index contributed by atoms with van der Waals surface area (Å²) in [4.78, 5) is 62.4. The van der Waals surface area contributed by atoms with Crippen molar-refractivity contribution in [3.63, 3.8) is 0 Å². The highest BCUT2D eigenvalue weighted by molar-refractivity contribution is 5.95. The number of unbranched alkanes of at least 4 members (excludes halogenated alkanes) is 2. The van der Waals surface area contributed by atoms with Crippen LogP contribution in [-0.4, -0.2) is 70.7 Å². The van der Waals surface area contributed by atoms with E-state index in [1.807, 2.05) is 13.8 Å². The number of rotatable bonds is 12. The van der Waals surface area contributed by atoms with Crippen LogP contribution in [0.1, 0.15) is 69.7 Å². The zero-order chi connectivity index (χ0) is 28.1. The number of oxime groups is 1. The number of urea groups is 1. The highest BCUT2D eigenvalue weighted by Crippen LogP contribution is 2.32. The van der Waals surface area contributed by atoms with Gasteiger partial charge in [-0.25, -0.2) is 9.59 Å². The second kappa shape index (κ2) is 14.8. The molecular weight excluding hydrogens is 496 g/mol. The number of amides is 4. The molecule has 1 aromatic rings. The zero-order valence-corrected chi connectivity index (χ0v) is 22.1. The molecule has 1 aliphatic heterocycles. The second-order valence-electron chi connectivity index (χ2n) is 9.05.